The van der Waals surface area contributed by atoms with E-state index >= 15 is 0 Å². The summed E-state index contributed by atoms with van der Waals surface area (Å²) in [6.07, 6.45) is 9.36. The van der Waals surface area contributed by atoms with Crippen LogP contribution in [0.25, 0.3) is 0 Å². The molecule has 106 valence electrons. The first-order valence-corrected chi connectivity index (χ1v) is 7.88. The Hall–Kier alpha value is -0.0800. The second-order valence-corrected chi connectivity index (χ2v) is 6.95. The van der Waals surface area contributed by atoms with Gasteiger partial charge in [-0.1, -0.05) is 33.1 Å². The van der Waals surface area contributed by atoms with Crippen molar-refractivity contribution in [1.29, 1.82) is 0 Å². The first-order chi connectivity index (χ1) is 8.59. The number of aliphatic hydroxyl groups is 2. The molecule has 0 aromatic heterocycles. The van der Waals surface area contributed by atoms with Crippen LogP contribution in [0.4, 0.5) is 0 Å². The van der Waals surface area contributed by atoms with Gasteiger partial charge < -0.3 is 10.2 Å². The van der Waals surface area contributed by atoms with Crippen molar-refractivity contribution in [2.75, 3.05) is 6.61 Å². The van der Waals surface area contributed by atoms with Gasteiger partial charge in [-0.05, 0) is 55.3 Å². The molecule has 0 spiro atoms. The Morgan fingerprint density at radius 3 is 2.72 bits per heavy atom. The van der Waals surface area contributed by atoms with Crippen LogP contribution in [0.3, 0.4) is 0 Å². The maximum absolute atomic E-state index is 10.2. The Morgan fingerprint density at radius 2 is 2.00 bits per heavy atom. The fraction of sp³-hybridized carbons (Fsp3) is 1.00. The average Bonchev–Trinajstić information content (AvgIpc) is 2.68. The zero-order chi connectivity index (χ0) is 13.2. The van der Waals surface area contributed by atoms with Crippen LogP contribution in [0.1, 0.15) is 65.2 Å². The lowest BCUT2D eigenvalue weighted by Crippen LogP contribution is -2.41. The predicted molar refractivity (Wildman–Crippen MR) is 74.3 cm³/mol. The minimum Gasteiger partial charge on any atom is -0.396 e. The Morgan fingerprint density at radius 1 is 1.22 bits per heavy atom. The molecule has 0 saturated heterocycles. The molecule has 0 amide bonds. The Bertz CT molecular complexity index is 266. The summed E-state index contributed by atoms with van der Waals surface area (Å²) < 4.78 is 0. The molecule has 2 unspecified atom stereocenters. The third-order valence-corrected chi connectivity index (χ3v) is 5.92. The number of aliphatic hydroxyl groups excluding tert-OH is 2. The van der Waals surface area contributed by atoms with Crippen molar-refractivity contribution in [3.8, 4) is 0 Å². The van der Waals surface area contributed by atoms with Crippen molar-refractivity contribution in [1.82, 2.24) is 0 Å². The van der Waals surface area contributed by atoms with Gasteiger partial charge >= 0.3 is 0 Å². The number of rotatable bonds is 5. The van der Waals surface area contributed by atoms with Gasteiger partial charge in [0.15, 0.2) is 0 Å². The van der Waals surface area contributed by atoms with E-state index in [4.69, 9.17) is 5.11 Å². The van der Waals surface area contributed by atoms with Crippen LogP contribution in [-0.2, 0) is 0 Å². The van der Waals surface area contributed by atoms with Gasteiger partial charge in [0.2, 0.25) is 0 Å². The van der Waals surface area contributed by atoms with Crippen LogP contribution in [0.5, 0.6) is 0 Å². The third-order valence-electron chi connectivity index (χ3n) is 5.92. The second kappa shape index (κ2) is 5.92. The number of unbranched alkanes of at least 4 members (excludes halogenated alkanes) is 1. The molecular formula is C16H30O2. The molecule has 0 aliphatic heterocycles. The van der Waals surface area contributed by atoms with Crippen LogP contribution < -0.4 is 0 Å². The van der Waals surface area contributed by atoms with E-state index in [9.17, 15) is 5.11 Å². The highest BCUT2D eigenvalue weighted by Crippen LogP contribution is 2.58. The first-order valence-electron chi connectivity index (χ1n) is 7.88. The normalized spacial score (nSPS) is 41.7. The van der Waals surface area contributed by atoms with Gasteiger partial charge in [-0.15, -0.1) is 0 Å². The van der Waals surface area contributed by atoms with E-state index in [0.717, 1.165) is 31.1 Å². The zero-order valence-corrected chi connectivity index (χ0v) is 12.1. The highest BCUT2D eigenvalue weighted by atomic mass is 16.3. The standard InChI is InChI=1S/C16H30O2/c1-12(6-3-4-11-17)13-8-9-14-15(18)7-5-10-16(13,14)2/h12-15,17-18H,3-11H2,1-2H3/t12-,13?,14+,15?,16-/m1/s1. The lowest BCUT2D eigenvalue weighted by atomic mass is 9.61. The quantitative estimate of drug-likeness (QED) is 0.739. The van der Waals surface area contributed by atoms with Gasteiger partial charge in [0.1, 0.15) is 0 Å². The van der Waals surface area contributed by atoms with Crippen LogP contribution >= 0.6 is 0 Å². The summed E-state index contributed by atoms with van der Waals surface area (Å²) in [6.45, 7) is 5.15. The summed E-state index contributed by atoms with van der Waals surface area (Å²) >= 11 is 0. The summed E-state index contributed by atoms with van der Waals surface area (Å²) in [7, 11) is 0. The molecule has 2 saturated carbocycles. The molecule has 2 aliphatic carbocycles. The van der Waals surface area contributed by atoms with Gasteiger partial charge in [0.05, 0.1) is 6.10 Å². The smallest absolute Gasteiger partial charge is 0.0573 e. The van der Waals surface area contributed by atoms with E-state index in [0.29, 0.717) is 17.9 Å². The summed E-state index contributed by atoms with van der Waals surface area (Å²) in [5.41, 5.74) is 0.385. The minimum atomic E-state index is -0.0432. The molecule has 0 radical (unpaired) electrons. The number of hydrogen-bond acceptors (Lipinski definition) is 2. The van der Waals surface area contributed by atoms with Gasteiger partial charge in [-0.3, -0.25) is 0 Å². The highest BCUT2D eigenvalue weighted by molar-refractivity contribution is 5.01. The van der Waals surface area contributed by atoms with Crippen molar-refractivity contribution < 1.29 is 10.2 Å². The molecule has 0 heterocycles. The molecule has 2 heteroatoms. The van der Waals surface area contributed by atoms with E-state index < -0.39 is 0 Å². The number of fused-ring (bicyclic) bond motifs is 1. The topological polar surface area (TPSA) is 40.5 Å². The summed E-state index contributed by atoms with van der Waals surface area (Å²) in [6, 6.07) is 0. The predicted octanol–water partition coefficient (Wildman–Crippen LogP) is 3.36. The summed E-state index contributed by atoms with van der Waals surface area (Å²) in [5.74, 6) is 2.09. The van der Waals surface area contributed by atoms with E-state index in [1.165, 1.54) is 32.1 Å². The Kier molecular flexibility index (Phi) is 4.71. The minimum absolute atomic E-state index is 0.0432. The molecule has 0 bridgehead atoms. The van der Waals surface area contributed by atoms with Gasteiger partial charge in [0.25, 0.3) is 0 Å². The fourth-order valence-electron chi connectivity index (χ4n) is 4.90. The van der Waals surface area contributed by atoms with Gasteiger partial charge in [0, 0.05) is 6.61 Å². The lowest BCUT2D eigenvalue weighted by molar-refractivity contribution is -0.0278. The third kappa shape index (κ3) is 2.60. The molecule has 18 heavy (non-hydrogen) atoms. The van der Waals surface area contributed by atoms with Crippen molar-refractivity contribution >= 4 is 0 Å². The van der Waals surface area contributed by atoms with Crippen molar-refractivity contribution in [2.24, 2.45) is 23.2 Å². The van der Waals surface area contributed by atoms with Crippen LogP contribution in [0.15, 0.2) is 0 Å². The first kappa shape index (κ1) is 14.3. The van der Waals surface area contributed by atoms with Crippen molar-refractivity contribution in [2.45, 2.75) is 71.3 Å². The monoisotopic (exact) mass is 254 g/mol. The van der Waals surface area contributed by atoms with E-state index in [1.54, 1.807) is 0 Å². The van der Waals surface area contributed by atoms with Crippen molar-refractivity contribution in [3.05, 3.63) is 0 Å². The van der Waals surface area contributed by atoms with Gasteiger partial charge in [-0.2, -0.15) is 0 Å². The largest absolute Gasteiger partial charge is 0.396 e. The summed E-state index contributed by atoms with van der Waals surface area (Å²) in [4.78, 5) is 0. The van der Waals surface area contributed by atoms with Crippen LogP contribution in [-0.4, -0.2) is 22.9 Å². The molecule has 2 rings (SSSR count). The second-order valence-electron chi connectivity index (χ2n) is 6.95. The molecule has 0 aromatic rings. The molecule has 2 N–H and O–H groups in total. The van der Waals surface area contributed by atoms with E-state index in [2.05, 4.69) is 13.8 Å². The van der Waals surface area contributed by atoms with E-state index in [-0.39, 0.29) is 6.10 Å². The maximum Gasteiger partial charge on any atom is 0.0573 e. The molecular weight excluding hydrogens is 224 g/mol. The summed E-state index contributed by atoms with van der Waals surface area (Å²) in [5, 5.41) is 19.1. The van der Waals surface area contributed by atoms with Crippen LogP contribution in [0, 0.1) is 23.2 Å². The maximum atomic E-state index is 10.2. The molecule has 2 fully saturated rings. The van der Waals surface area contributed by atoms with Gasteiger partial charge in [-0.25, -0.2) is 0 Å². The van der Waals surface area contributed by atoms with Crippen molar-refractivity contribution in [3.63, 3.8) is 0 Å². The Labute approximate surface area is 112 Å². The molecule has 2 nitrogen and oxygen atoms in total. The highest BCUT2D eigenvalue weighted by Gasteiger charge is 2.51. The number of hydrogen-bond donors (Lipinski definition) is 2. The SMILES string of the molecule is C[C@H](CCCCO)C1CC[C@H]2C(O)CCC[C@]12C. The van der Waals surface area contributed by atoms with E-state index in [1.807, 2.05) is 0 Å². The molecule has 5 atom stereocenters. The lowest BCUT2D eigenvalue weighted by Gasteiger charge is -2.45. The fourth-order valence-corrected chi connectivity index (χ4v) is 4.90. The molecule has 2 aliphatic rings. The Balaban J connectivity index is 1.97. The zero-order valence-electron chi connectivity index (χ0n) is 12.1. The average molecular weight is 254 g/mol. The van der Waals surface area contributed by atoms with Crippen LogP contribution in [0.2, 0.25) is 0 Å². The molecule has 0 aromatic carbocycles.